The second-order valence-corrected chi connectivity index (χ2v) is 8.43. The van der Waals surface area contributed by atoms with E-state index in [-0.39, 0.29) is 6.04 Å². The van der Waals surface area contributed by atoms with E-state index in [1.807, 2.05) is 24.3 Å². The zero-order valence-corrected chi connectivity index (χ0v) is 18.0. The number of fused-ring (bicyclic) bond motifs is 1. The van der Waals surface area contributed by atoms with E-state index in [4.69, 9.17) is 17.2 Å². The molecule has 0 amide bonds. The van der Waals surface area contributed by atoms with Crippen LogP contribution in [0.2, 0.25) is 0 Å². The van der Waals surface area contributed by atoms with Crippen molar-refractivity contribution >= 4 is 33.8 Å². The molecule has 0 aliphatic heterocycles. The van der Waals surface area contributed by atoms with Gasteiger partial charge in [0.25, 0.3) is 0 Å². The average Bonchev–Trinajstić information content (AvgIpc) is 3.26. The topological polar surface area (TPSA) is 51.8 Å². The molecule has 0 unspecified atom stereocenters. The SMILES string of the molecule is Cc1cccc(C)c1-n1nnn(CN(C)[C@@H](C)c2nc3ccccc3s2)c1=S. The van der Waals surface area contributed by atoms with Gasteiger partial charge in [-0.3, -0.25) is 4.90 Å². The molecule has 144 valence electrons. The van der Waals surface area contributed by atoms with Crippen molar-refractivity contribution in [2.24, 2.45) is 0 Å². The molecule has 0 fully saturated rings. The lowest BCUT2D eigenvalue weighted by molar-refractivity contribution is 0.193. The van der Waals surface area contributed by atoms with Crippen LogP contribution in [-0.2, 0) is 6.67 Å². The van der Waals surface area contributed by atoms with Crippen LogP contribution < -0.4 is 0 Å². The zero-order chi connectivity index (χ0) is 19.8. The fourth-order valence-electron chi connectivity index (χ4n) is 3.23. The van der Waals surface area contributed by atoms with Crippen molar-refractivity contribution in [3.8, 4) is 5.69 Å². The minimum absolute atomic E-state index is 0.143. The summed E-state index contributed by atoms with van der Waals surface area (Å²) in [5, 5.41) is 9.69. The maximum Gasteiger partial charge on any atom is 0.221 e. The van der Waals surface area contributed by atoms with Crippen molar-refractivity contribution in [2.75, 3.05) is 7.05 Å². The van der Waals surface area contributed by atoms with Gasteiger partial charge in [-0.2, -0.15) is 4.68 Å². The first-order valence-electron chi connectivity index (χ1n) is 9.11. The predicted octanol–water partition coefficient (Wildman–Crippen LogP) is 4.68. The molecule has 4 aromatic rings. The number of nitrogens with zero attached hydrogens (tertiary/aromatic N) is 6. The third kappa shape index (κ3) is 3.39. The average molecular weight is 411 g/mol. The van der Waals surface area contributed by atoms with Crippen LogP contribution in [0.15, 0.2) is 42.5 Å². The second-order valence-electron chi connectivity index (χ2n) is 7.01. The molecule has 0 saturated heterocycles. The van der Waals surface area contributed by atoms with Crippen molar-refractivity contribution in [1.82, 2.24) is 29.7 Å². The molecule has 8 heteroatoms. The monoisotopic (exact) mass is 410 g/mol. The number of thiazole rings is 1. The Kier molecular flexibility index (Phi) is 5.09. The highest BCUT2D eigenvalue weighted by molar-refractivity contribution is 7.71. The number of hydrogen-bond acceptors (Lipinski definition) is 6. The van der Waals surface area contributed by atoms with Crippen molar-refractivity contribution in [2.45, 2.75) is 33.5 Å². The number of rotatable bonds is 5. The standard InChI is InChI=1S/C20H22N6S2/c1-13-8-7-9-14(2)18(13)26-20(27)25(22-23-26)12-24(4)15(3)19-21-16-10-5-6-11-17(16)28-19/h5-11,15H,12H2,1-4H3/t15-/m0/s1. The third-order valence-electron chi connectivity index (χ3n) is 4.98. The van der Waals surface area contributed by atoms with E-state index in [9.17, 15) is 0 Å². The smallest absolute Gasteiger partial charge is 0.221 e. The molecule has 0 aliphatic rings. The summed E-state index contributed by atoms with van der Waals surface area (Å²) < 4.78 is 5.29. The zero-order valence-electron chi connectivity index (χ0n) is 16.3. The Morgan fingerprint density at radius 2 is 1.79 bits per heavy atom. The van der Waals surface area contributed by atoms with Gasteiger partial charge < -0.3 is 0 Å². The summed E-state index contributed by atoms with van der Waals surface area (Å²) >= 11 is 7.39. The van der Waals surface area contributed by atoms with Crippen LogP contribution in [0, 0.1) is 18.6 Å². The van der Waals surface area contributed by atoms with E-state index in [2.05, 4.69) is 61.3 Å². The highest BCUT2D eigenvalue weighted by Crippen LogP contribution is 2.29. The Morgan fingerprint density at radius 1 is 1.07 bits per heavy atom. The van der Waals surface area contributed by atoms with Crippen LogP contribution in [0.3, 0.4) is 0 Å². The molecule has 0 saturated carbocycles. The third-order valence-corrected chi connectivity index (χ3v) is 6.57. The van der Waals surface area contributed by atoms with E-state index in [1.165, 1.54) is 4.70 Å². The fraction of sp³-hybridized carbons (Fsp3) is 0.300. The van der Waals surface area contributed by atoms with Gasteiger partial charge in [0.05, 0.1) is 28.6 Å². The Labute approximate surface area is 173 Å². The Balaban J connectivity index is 1.59. The molecular formula is C20H22N6S2. The second kappa shape index (κ2) is 7.54. The molecule has 0 radical (unpaired) electrons. The lowest BCUT2D eigenvalue weighted by atomic mass is 10.1. The molecule has 1 atom stereocenters. The van der Waals surface area contributed by atoms with Crippen LogP contribution in [0.25, 0.3) is 15.9 Å². The molecule has 28 heavy (non-hydrogen) atoms. The maximum atomic E-state index is 5.66. The normalized spacial score (nSPS) is 12.8. The lowest BCUT2D eigenvalue weighted by Gasteiger charge is -2.22. The van der Waals surface area contributed by atoms with Crippen molar-refractivity contribution in [1.29, 1.82) is 0 Å². The number of para-hydroxylation sites is 2. The lowest BCUT2D eigenvalue weighted by Crippen LogP contribution is -2.26. The van der Waals surface area contributed by atoms with Crippen molar-refractivity contribution in [3.05, 3.63) is 63.4 Å². The molecular weight excluding hydrogens is 388 g/mol. The van der Waals surface area contributed by atoms with Gasteiger partial charge in [0.2, 0.25) is 4.77 Å². The molecule has 0 aliphatic carbocycles. The van der Waals surface area contributed by atoms with Gasteiger partial charge in [0, 0.05) is 0 Å². The van der Waals surface area contributed by atoms with Gasteiger partial charge in [-0.1, -0.05) is 30.3 Å². The molecule has 2 aromatic carbocycles. The quantitative estimate of drug-likeness (QED) is 0.447. The first-order valence-corrected chi connectivity index (χ1v) is 10.3. The Hall–Kier alpha value is -2.42. The molecule has 4 rings (SSSR count). The molecule has 0 bridgehead atoms. The summed E-state index contributed by atoms with van der Waals surface area (Å²) in [6.45, 7) is 6.81. The van der Waals surface area contributed by atoms with Crippen molar-refractivity contribution in [3.63, 3.8) is 0 Å². The van der Waals surface area contributed by atoms with Crippen LogP contribution in [-0.4, -0.2) is 36.7 Å². The molecule has 0 spiro atoms. The van der Waals surface area contributed by atoms with Gasteiger partial charge in [-0.05, 0) is 73.7 Å². The summed E-state index contributed by atoms with van der Waals surface area (Å²) in [6, 6.07) is 14.5. The largest absolute Gasteiger partial charge is 0.278 e. The predicted molar refractivity (Wildman–Crippen MR) is 115 cm³/mol. The summed E-state index contributed by atoms with van der Waals surface area (Å²) in [7, 11) is 2.05. The highest BCUT2D eigenvalue weighted by atomic mass is 32.1. The van der Waals surface area contributed by atoms with E-state index >= 15 is 0 Å². The first kappa shape index (κ1) is 18.9. The fourth-order valence-corrected chi connectivity index (χ4v) is 4.54. The summed E-state index contributed by atoms with van der Waals surface area (Å²) in [5.41, 5.74) is 4.29. The number of hydrogen-bond donors (Lipinski definition) is 0. The van der Waals surface area contributed by atoms with Crippen LogP contribution >= 0.6 is 23.6 Å². The van der Waals surface area contributed by atoms with E-state index in [0.717, 1.165) is 27.3 Å². The van der Waals surface area contributed by atoms with Crippen molar-refractivity contribution < 1.29 is 0 Å². The highest BCUT2D eigenvalue weighted by Gasteiger charge is 2.18. The van der Waals surface area contributed by atoms with Gasteiger partial charge >= 0.3 is 0 Å². The van der Waals surface area contributed by atoms with E-state index in [0.29, 0.717) is 11.4 Å². The minimum Gasteiger partial charge on any atom is -0.278 e. The van der Waals surface area contributed by atoms with Crippen LogP contribution in [0.4, 0.5) is 0 Å². The molecule has 2 heterocycles. The van der Waals surface area contributed by atoms with Gasteiger partial charge in [-0.15, -0.1) is 11.3 Å². The van der Waals surface area contributed by atoms with E-state index < -0.39 is 0 Å². The summed E-state index contributed by atoms with van der Waals surface area (Å²) in [4.78, 5) is 6.95. The minimum atomic E-state index is 0.143. The number of benzene rings is 2. The van der Waals surface area contributed by atoms with Gasteiger partial charge in [-0.25, -0.2) is 9.67 Å². The number of tetrazole rings is 1. The summed E-state index contributed by atoms with van der Waals surface area (Å²) in [5.74, 6) is 0. The molecule has 0 N–H and O–H groups in total. The number of aryl methyl sites for hydroxylation is 2. The number of aromatic nitrogens is 5. The van der Waals surface area contributed by atoms with Crippen LogP contribution in [0.1, 0.15) is 29.1 Å². The Morgan fingerprint density at radius 3 is 2.50 bits per heavy atom. The van der Waals surface area contributed by atoms with Gasteiger partial charge in [0.15, 0.2) is 0 Å². The van der Waals surface area contributed by atoms with Crippen LogP contribution in [0.5, 0.6) is 0 Å². The molecule has 6 nitrogen and oxygen atoms in total. The van der Waals surface area contributed by atoms with E-state index in [1.54, 1.807) is 20.7 Å². The first-order chi connectivity index (χ1) is 13.5. The maximum absolute atomic E-state index is 5.66. The summed E-state index contributed by atoms with van der Waals surface area (Å²) in [6.07, 6.45) is 0. The molecule has 2 aromatic heterocycles. The Bertz CT molecular complexity index is 1140. The van der Waals surface area contributed by atoms with Gasteiger partial charge in [0.1, 0.15) is 5.01 Å².